The number of hydrogen-bond donors (Lipinski definition) is 1. The zero-order chi connectivity index (χ0) is 13.4. The third-order valence-corrected chi connectivity index (χ3v) is 5.75. The summed E-state index contributed by atoms with van der Waals surface area (Å²) in [6.07, 6.45) is 8.33. The summed E-state index contributed by atoms with van der Waals surface area (Å²) in [7, 11) is 0. The molecule has 1 saturated heterocycles. The van der Waals surface area contributed by atoms with Crippen molar-refractivity contribution in [3.63, 3.8) is 0 Å². The summed E-state index contributed by atoms with van der Waals surface area (Å²) < 4.78 is 0. The van der Waals surface area contributed by atoms with Crippen LogP contribution in [0.2, 0.25) is 0 Å². The predicted molar refractivity (Wildman–Crippen MR) is 84.2 cm³/mol. The molecular formula is C18H26N2. The molecule has 3 atom stereocenters. The van der Waals surface area contributed by atoms with Gasteiger partial charge in [0.05, 0.1) is 0 Å². The fourth-order valence-electron chi connectivity index (χ4n) is 4.70. The molecule has 4 rings (SSSR count). The highest BCUT2D eigenvalue weighted by molar-refractivity contribution is 5.54. The van der Waals surface area contributed by atoms with E-state index < -0.39 is 0 Å². The zero-order valence-electron chi connectivity index (χ0n) is 12.4. The number of nitrogens with one attached hydrogen (secondary N) is 1. The van der Waals surface area contributed by atoms with E-state index in [1.54, 1.807) is 5.56 Å². The van der Waals surface area contributed by atoms with Crippen molar-refractivity contribution < 1.29 is 0 Å². The van der Waals surface area contributed by atoms with Crippen molar-refractivity contribution in [2.45, 2.75) is 44.6 Å². The Morgan fingerprint density at radius 3 is 3.05 bits per heavy atom. The smallest absolute Gasteiger partial charge is 0.0399 e. The minimum absolute atomic E-state index is 0.730. The van der Waals surface area contributed by atoms with Crippen molar-refractivity contribution in [2.24, 2.45) is 11.8 Å². The molecule has 108 valence electrons. The molecule has 2 heteroatoms. The molecular weight excluding hydrogens is 244 g/mol. The van der Waals surface area contributed by atoms with Crippen LogP contribution in [0.4, 0.5) is 5.69 Å². The first-order valence-corrected chi connectivity index (χ1v) is 8.48. The number of para-hydroxylation sites is 1. The van der Waals surface area contributed by atoms with Crippen LogP contribution in [0, 0.1) is 11.8 Å². The van der Waals surface area contributed by atoms with E-state index in [1.165, 1.54) is 63.8 Å². The first-order valence-electron chi connectivity index (χ1n) is 8.48. The highest BCUT2D eigenvalue weighted by Gasteiger charge is 2.39. The lowest BCUT2D eigenvalue weighted by atomic mass is 9.93. The van der Waals surface area contributed by atoms with Crippen molar-refractivity contribution in [1.29, 1.82) is 0 Å². The van der Waals surface area contributed by atoms with Crippen molar-refractivity contribution >= 4 is 5.69 Å². The van der Waals surface area contributed by atoms with E-state index in [4.69, 9.17) is 0 Å². The van der Waals surface area contributed by atoms with Gasteiger partial charge in [0.2, 0.25) is 0 Å². The maximum Gasteiger partial charge on any atom is 0.0399 e. The van der Waals surface area contributed by atoms with Gasteiger partial charge in [-0.3, -0.25) is 0 Å². The molecule has 3 unspecified atom stereocenters. The van der Waals surface area contributed by atoms with Crippen LogP contribution in [0.25, 0.3) is 0 Å². The number of fused-ring (bicyclic) bond motifs is 2. The SMILES string of the molecule is c1ccc2c(c1)CCCCN2CC1NCC2CCCC21. The molecule has 20 heavy (non-hydrogen) atoms. The number of benzene rings is 1. The quantitative estimate of drug-likeness (QED) is 0.887. The Kier molecular flexibility index (Phi) is 3.43. The van der Waals surface area contributed by atoms with Gasteiger partial charge in [-0.15, -0.1) is 0 Å². The highest BCUT2D eigenvalue weighted by atomic mass is 15.2. The van der Waals surface area contributed by atoms with E-state index in [2.05, 4.69) is 34.5 Å². The summed E-state index contributed by atoms with van der Waals surface area (Å²) >= 11 is 0. The lowest BCUT2D eigenvalue weighted by molar-refractivity contribution is 0.408. The van der Waals surface area contributed by atoms with Crippen molar-refractivity contribution in [2.75, 3.05) is 24.5 Å². The second kappa shape index (κ2) is 5.40. The van der Waals surface area contributed by atoms with Crippen molar-refractivity contribution in [3.8, 4) is 0 Å². The summed E-state index contributed by atoms with van der Waals surface area (Å²) in [4.78, 5) is 2.67. The van der Waals surface area contributed by atoms with Gasteiger partial charge in [-0.25, -0.2) is 0 Å². The first-order chi connectivity index (χ1) is 9.92. The first kappa shape index (κ1) is 12.7. The van der Waals surface area contributed by atoms with E-state index in [1.807, 2.05) is 0 Å². The molecule has 3 aliphatic rings. The maximum atomic E-state index is 3.82. The van der Waals surface area contributed by atoms with Crippen LogP contribution < -0.4 is 10.2 Å². The molecule has 1 aromatic carbocycles. The number of rotatable bonds is 2. The summed E-state index contributed by atoms with van der Waals surface area (Å²) in [6, 6.07) is 9.80. The number of hydrogen-bond acceptors (Lipinski definition) is 2. The number of anilines is 1. The highest BCUT2D eigenvalue weighted by Crippen LogP contribution is 2.38. The second-order valence-electron chi connectivity index (χ2n) is 6.90. The van der Waals surface area contributed by atoms with Gasteiger partial charge in [0.25, 0.3) is 0 Å². The Hall–Kier alpha value is -1.02. The van der Waals surface area contributed by atoms with Gasteiger partial charge in [-0.2, -0.15) is 0 Å². The van der Waals surface area contributed by atoms with Gasteiger partial charge >= 0.3 is 0 Å². The third-order valence-electron chi connectivity index (χ3n) is 5.75. The van der Waals surface area contributed by atoms with Crippen LogP contribution in [0.5, 0.6) is 0 Å². The zero-order valence-corrected chi connectivity index (χ0v) is 12.4. The van der Waals surface area contributed by atoms with Crippen LogP contribution >= 0.6 is 0 Å². The lowest BCUT2D eigenvalue weighted by Gasteiger charge is -2.30. The van der Waals surface area contributed by atoms with Gasteiger partial charge in [-0.05, 0) is 62.1 Å². The minimum Gasteiger partial charge on any atom is -0.370 e. The number of aryl methyl sites for hydroxylation is 1. The Labute approximate surface area is 122 Å². The van der Waals surface area contributed by atoms with Gasteiger partial charge in [0, 0.05) is 24.8 Å². The van der Waals surface area contributed by atoms with Gasteiger partial charge in [-0.1, -0.05) is 24.6 Å². The van der Waals surface area contributed by atoms with E-state index >= 15 is 0 Å². The molecule has 2 nitrogen and oxygen atoms in total. The third kappa shape index (κ3) is 2.24. The predicted octanol–water partition coefficient (Wildman–Crippen LogP) is 3.22. The Balaban J connectivity index is 1.53. The fourth-order valence-corrected chi connectivity index (χ4v) is 4.70. The maximum absolute atomic E-state index is 3.82. The lowest BCUT2D eigenvalue weighted by Crippen LogP contribution is -2.41. The summed E-state index contributed by atoms with van der Waals surface area (Å²) in [5.41, 5.74) is 3.07. The monoisotopic (exact) mass is 270 g/mol. The molecule has 0 amide bonds. The molecule has 1 aliphatic carbocycles. The van der Waals surface area contributed by atoms with Crippen LogP contribution in [0.3, 0.4) is 0 Å². The average Bonchev–Trinajstić information content (AvgIpc) is 3.01. The van der Waals surface area contributed by atoms with Crippen LogP contribution in [0.15, 0.2) is 24.3 Å². The van der Waals surface area contributed by atoms with Gasteiger partial charge < -0.3 is 10.2 Å². The topological polar surface area (TPSA) is 15.3 Å². The van der Waals surface area contributed by atoms with Gasteiger partial charge in [0.1, 0.15) is 0 Å². The number of nitrogens with zero attached hydrogens (tertiary/aromatic N) is 1. The molecule has 0 radical (unpaired) electrons. The normalized spacial score (nSPS) is 32.8. The molecule has 2 aliphatic heterocycles. The molecule has 0 bridgehead atoms. The second-order valence-corrected chi connectivity index (χ2v) is 6.90. The van der Waals surface area contributed by atoms with E-state index in [0.717, 1.165) is 17.9 Å². The van der Waals surface area contributed by atoms with Gasteiger partial charge in [0.15, 0.2) is 0 Å². The van der Waals surface area contributed by atoms with E-state index in [9.17, 15) is 0 Å². The summed E-state index contributed by atoms with van der Waals surface area (Å²) in [6.45, 7) is 3.73. The molecule has 2 heterocycles. The Bertz CT molecular complexity index is 470. The largest absolute Gasteiger partial charge is 0.370 e. The summed E-state index contributed by atoms with van der Waals surface area (Å²) in [5, 5.41) is 3.82. The molecule has 2 fully saturated rings. The molecule has 0 aromatic heterocycles. The van der Waals surface area contributed by atoms with Crippen LogP contribution in [-0.4, -0.2) is 25.7 Å². The summed E-state index contributed by atoms with van der Waals surface area (Å²) in [5.74, 6) is 1.92. The Morgan fingerprint density at radius 2 is 2.05 bits per heavy atom. The van der Waals surface area contributed by atoms with Crippen LogP contribution in [-0.2, 0) is 6.42 Å². The molecule has 0 spiro atoms. The molecule has 1 aromatic rings. The molecule has 1 N–H and O–H groups in total. The van der Waals surface area contributed by atoms with Crippen molar-refractivity contribution in [1.82, 2.24) is 5.32 Å². The van der Waals surface area contributed by atoms with E-state index in [0.29, 0.717) is 0 Å². The van der Waals surface area contributed by atoms with E-state index in [-0.39, 0.29) is 0 Å². The fraction of sp³-hybridized carbons (Fsp3) is 0.667. The van der Waals surface area contributed by atoms with Crippen molar-refractivity contribution in [3.05, 3.63) is 29.8 Å². The van der Waals surface area contributed by atoms with Crippen LogP contribution in [0.1, 0.15) is 37.7 Å². The minimum atomic E-state index is 0.730. The molecule has 1 saturated carbocycles. The Morgan fingerprint density at radius 1 is 1.10 bits per heavy atom. The average molecular weight is 270 g/mol. The standard InChI is InChI=1S/C18H26N2/c1-2-10-18-14(6-1)7-3-4-11-20(18)13-17-16-9-5-8-15(16)12-19-17/h1-2,6,10,15-17,19H,3-5,7-9,11-13H2.